The van der Waals surface area contributed by atoms with Crippen molar-refractivity contribution < 1.29 is 18.8 Å². The van der Waals surface area contributed by atoms with Crippen molar-refractivity contribution in [3.05, 3.63) is 28.1 Å². The Labute approximate surface area is 121 Å². The van der Waals surface area contributed by atoms with Gasteiger partial charge in [0.1, 0.15) is 5.69 Å². The van der Waals surface area contributed by atoms with Crippen molar-refractivity contribution in [2.75, 3.05) is 23.8 Å². The number of nitrogens with zero attached hydrogens (tertiary/aromatic N) is 1. The highest BCUT2D eigenvalue weighted by Crippen LogP contribution is 2.30. The molecule has 0 saturated heterocycles. The van der Waals surface area contributed by atoms with Crippen LogP contribution < -0.4 is 10.6 Å². The number of amides is 1. The second-order valence-corrected chi connectivity index (χ2v) is 4.73. The number of hydrogen-bond donors (Lipinski definition) is 2. The van der Waals surface area contributed by atoms with Gasteiger partial charge in [-0.05, 0) is 18.9 Å². The van der Waals surface area contributed by atoms with Gasteiger partial charge in [0.05, 0.1) is 23.3 Å². The first kappa shape index (κ1) is 16.7. The quantitative estimate of drug-likeness (QED) is 0.620. The molecule has 0 aliphatic carbocycles. The van der Waals surface area contributed by atoms with Crippen molar-refractivity contribution in [2.24, 2.45) is 5.92 Å². The molecule has 0 saturated carbocycles. The monoisotopic (exact) mass is 299 g/mol. The molecule has 0 atom stereocenters. The van der Waals surface area contributed by atoms with Gasteiger partial charge in [-0.3, -0.25) is 15.4 Å². The number of ether oxygens (including phenoxy) is 1. The van der Waals surface area contributed by atoms with E-state index >= 15 is 0 Å². The number of nitro groups is 1. The van der Waals surface area contributed by atoms with Crippen molar-refractivity contribution in [3.63, 3.8) is 0 Å². The molecule has 1 rings (SSSR count). The highest BCUT2D eigenvalue weighted by atomic mass is 19.1. The third-order valence-electron chi connectivity index (χ3n) is 2.49. The Bertz CT molecular complexity index is 534. The topological polar surface area (TPSA) is 93.5 Å². The number of anilines is 2. The zero-order valence-corrected chi connectivity index (χ0v) is 12.1. The second kappa shape index (κ2) is 7.41. The van der Waals surface area contributed by atoms with Gasteiger partial charge in [-0.25, -0.2) is 9.18 Å². The zero-order chi connectivity index (χ0) is 16.0. The number of carbonyl (C=O) groups excluding carboxylic acids is 1. The van der Waals surface area contributed by atoms with Gasteiger partial charge < -0.3 is 10.1 Å². The zero-order valence-electron chi connectivity index (χ0n) is 12.1. The Morgan fingerprint density at radius 1 is 1.43 bits per heavy atom. The molecular weight excluding hydrogens is 281 g/mol. The Balaban J connectivity index is 3.07. The lowest BCUT2D eigenvalue weighted by atomic mass is 10.2. The molecule has 7 nitrogen and oxygen atoms in total. The smallest absolute Gasteiger partial charge is 0.411 e. The van der Waals surface area contributed by atoms with Crippen LogP contribution in [-0.2, 0) is 4.74 Å². The lowest BCUT2D eigenvalue weighted by Crippen LogP contribution is -2.15. The van der Waals surface area contributed by atoms with Crippen molar-refractivity contribution in [3.8, 4) is 0 Å². The SMILES string of the molecule is CCOC(=O)Nc1cc(NCC(C)C)c([N+](=O)[O-])cc1F. The fraction of sp³-hybridized carbons (Fsp3) is 0.462. The minimum atomic E-state index is -0.898. The van der Waals surface area contributed by atoms with Gasteiger partial charge in [0.15, 0.2) is 5.82 Å². The summed E-state index contributed by atoms with van der Waals surface area (Å²) in [5, 5.41) is 16.0. The Hall–Kier alpha value is -2.38. The molecule has 2 N–H and O–H groups in total. The summed E-state index contributed by atoms with van der Waals surface area (Å²) in [4.78, 5) is 21.6. The van der Waals surface area contributed by atoms with E-state index in [1.165, 1.54) is 6.07 Å². The first-order chi connectivity index (χ1) is 9.85. The Morgan fingerprint density at radius 3 is 2.62 bits per heavy atom. The molecule has 21 heavy (non-hydrogen) atoms. The summed E-state index contributed by atoms with van der Waals surface area (Å²) >= 11 is 0. The van der Waals surface area contributed by atoms with E-state index in [2.05, 4.69) is 15.4 Å². The van der Waals surface area contributed by atoms with Crippen LogP contribution in [0.25, 0.3) is 0 Å². The molecule has 1 aromatic carbocycles. The van der Waals surface area contributed by atoms with Gasteiger partial charge in [-0.15, -0.1) is 0 Å². The Morgan fingerprint density at radius 2 is 2.10 bits per heavy atom. The molecule has 0 bridgehead atoms. The van der Waals surface area contributed by atoms with Crippen LogP contribution in [0.15, 0.2) is 12.1 Å². The molecule has 0 fully saturated rings. The van der Waals surface area contributed by atoms with Gasteiger partial charge >= 0.3 is 6.09 Å². The van der Waals surface area contributed by atoms with E-state index in [4.69, 9.17) is 0 Å². The third-order valence-corrected chi connectivity index (χ3v) is 2.49. The maximum Gasteiger partial charge on any atom is 0.411 e. The molecule has 0 heterocycles. The number of halogens is 1. The van der Waals surface area contributed by atoms with E-state index < -0.39 is 16.8 Å². The van der Waals surface area contributed by atoms with Crippen LogP contribution in [0.5, 0.6) is 0 Å². The van der Waals surface area contributed by atoms with E-state index in [1.54, 1.807) is 6.92 Å². The summed E-state index contributed by atoms with van der Waals surface area (Å²) < 4.78 is 18.4. The first-order valence-corrected chi connectivity index (χ1v) is 6.50. The lowest BCUT2D eigenvalue weighted by Gasteiger charge is -2.12. The second-order valence-electron chi connectivity index (χ2n) is 4.73. The summed E-state index contributed by atoms with van der Waals surface area (Å²) in [6, 6.07) is 1.96. The number of nitrogens with one attached hydrogen (secondary N) is 2. The molecule has 116 valence electrons. The summed E-state index contributed by atoms with van der Waals surface area (Å²) in [7, 11) is 0. The van der Waals surface area contributed by atoms with Crippen molar-refractivity contribution in [2.45, 2.75) is 20.8 Å². The number of rotatable bonds is 6. The lowest BCUT2D eigenvalue weighted by molar-refractivity contribution is -0.384. The molecule has 0 spiro atoms. The van der Waals surface area contributed by atoms with Gasteiger partial charge in [0.2, 0.25) is 0 Å². The van der Waals surface area contributed by atoms with Gasteiger partial charge in [0.25, 0.3) is 5.69 Å². The van der Waals surface area contributed by atoms with Gasteiger partial charge in [0, 0.05) is 6.54 Å². The van der Waals surface area contributed by atoms with E-state index in [9.17, 15) is 19.3 Å². The normalized spacial score (nSPS) is 10.3. The van der Waals surface area contributed by atoms with Crippen molar-refractivity contribution in [1.29, 1.82) is 0 Å². The van der Waals surface area contributed by atoms with Crippen LogP contribution in [-0.4, -0.2) is 24.2 Å². The van der Waals surface area contributed by atoms with E-state index in [0.717, 1.165) is 6.07 Å². The fourth-order valence-electron chi connectivity index (χ4n) is 1.54. The van der Waals surface area contributed by atoms with E-state index in [1.807, 2.05) is 13.8 Å². The number of nitro benzene ring substituents is 1. The summed E-state index contributed by atoms with van der Waals surface area (Å²) in [5.74, 6) is -0.652. The molecule has 1 amide bonds. The molecular formula is C13H18FN3O4. The average molecular weight is 299 g/mol. The van der Waals surface area contributed by atoms with Gasteiger partial charge in [-0.2, -0.15) is 0 Å². The molecule has 8 heteroatoms. The fourth-order valence-corrected chi connectivity index (χ4v) is 1.54. The molecule has 0 aliphatic rings. The van der Waals surface area contributed by atoms with Crippen LogP contribution in [0.3, 0.4) is 0 Å². The maximum absolute atomic E-state index is 13.8. The first-order valence-electron chi connectivity index (χ1n) is 6.50. The minimum absolute atomic E-state index is 0.138. The average Bonchev–Trinajstić information content (AvgIpc) is 2.38. The number of benzene rings is 1. The summed E-state index contributed by atoms with van der Waals surface area (Å²) in [6.45, 7) is 6.09. The molecule has 0 aliphatic heterocycles. The van der Waals surface area contributed by atoms with Crippen LogP contribution in [0.1, 0.15) is 20.8 Å². The van der Waals surface area contributed by atoms with Crippen molar-refractivity contribution in [1.82, 2.24) is 0 Å². The molecule has 0 unspecified atom stereocenters. The largest absolute Gasteiger partial charge is 0.450 e. The van der Waals surface area contributed by atoms with Crippen LogP contribution in [0.4, 0.5) is 26.2 Å². The molecule has 0 aromatic heterocycles. The van der Waals surface area contributed by atoms with Crippen LogP contribution in [0.2, 0.25) is 0 Å². The van der Waals surface area contributed by atoms with E-state index in [0.29, 0.717) is 6.54 Å². The highest BCUT2D eigenvalue weighted by molar-refractivity contribution is 5.86. The number of carbonyl (C=O) groups is 1. The third kappa shape index (κ3) is 4.90. The van der Waals surface area contributed by atoms with E-state index in [-0.39, 0.29) is 29.6 Å². The van der Waals surface area contributed by atoms with Crippen LogP contribution >= 0.6 is 0 Å². The standard InChI is InChI=1S/C13H18FN3O4/c1-4-21-13(18)16-10-6-11(15-7-8(2)3)12(17(19)20)5-9(10)14/h5-6,8,15H,4,7H2,1-3H3,(H,16,18). The predicted molar refractivity (Wildman–Crippen MR) is 77.0 cm³/mol. The summed E-state index contributed by atoms with van der Waals surface area (Å²) in [6.07, 6.45) is -0.819. The Kier molecular flexibility index (Phi) is 5.89. The van der Waals surface area contributed by atoms with Crippen molar-refractivity contribution >= 4 is 23.2 Å². The van der Waals surface area contributed by atoms with Crippen LogP contribution in [0, 0.1) is 21.8 Å². The van der Waals surface area contributed by atoms with Gasteiger partial charge in [-0.1, -0.05) is 13.8 Å². The molecule has 0 radical (unpaired) electrons. The highest BCUT2D eigenvalue weighted by Gasteiger charge is 2.19. The predicted octanol–water partition coefficient (Wildman–Crippen LogP) is 3.37. The summed E-state index contributed by atoms with van der Waals surface area (Å²) in [5.41, 5.74) is -0.422. The minimum Gasteiger partial charge on any atom is -0.450 e. The number of hydrogen-bond acceptors (Lipinski definition) is 5. The maximum atomic E-state index is 13.8. The molecule has 1 aromatic rings.